The summed E-state index contributed by atoms with van der Waals surface area (Å²) >= 11 is 6.40. The molecule has 0 saturated carbocycles. The highest BCUT2D eigenvalue weighted by molar-refractivity contribution is 14.1. The van der Waals surface area contributed by atoms with E-state index in [0.29, 0.717) is 0 Å². The summed E-state index contributed by atoms with van der Waals surface area (Å²) in [7, 11) is 0. The second kappa shape index (κ2) is 8.31. The Labute approximate surface area is 134 Å². The van der Waals surface area contributed by atoms with E-state index >= 15 is 0 Å². The van der Waals surface area contributed by atoms with Gasteiger partial charge in [-0.15, -0.1) is 11.8 Å². The molecule has 90 valence electrons. The van der Waals surface area contributed by atoms with Crippen molar-refractivity contribution in [1.82, 2.24) is 4.98 Å². The third kappa shape index (κ3) is 5.56. The molecular formula is C13H13I2NS. The number of hydrogen-bond acceptors (Lipinski definition) is 2. The Kier molecular flexibility index (Phi) is 7.45. The Morgan fingerprint density at radius 3 is 2.29 bits per heavy atom. The lowest BCUT2D eigenvalue weighted by atomic mass is 10.2. The fraction of sp³-hybridized carbons (Fsp3) is 0.154. The van der Waals surface area contributed by atoms with Crippen LogP contribution in [0.1, 0.15) is 5.56 Å². The molecule has 0 spiro atoms. The molecule has 4 heteroatoms. The third-order valence-corrected chi connectivity index (χ3v) is 5.22. The first-order valence-electron chi connectivity index (χ1n) is 4.99. The smallest absolute Gasteiger partial charge is 0.0401 e. The lowest BCUT2D eigenvalue weighted by Gasteiger charge is -2.01. The predicted octanol–water partition coefficient (Wildman–Crippen LogP) is 5.01. The number of hydrogen-bond donors (Lipinski definition) is 0. The third-order valence-electron chi connectivity index (χ3n) is 2.00. The van der Waals surface area contributed by atoms with Crippen LogP contribution in [-0.2, 0) is 0 Å². The van der Waals surface area contributed by atoms with E-state index in [1.165, 1.54) is 17.6 Å². The highest BCUT2D eigenvalue weighted by Gasteiger charge is 1.98. The van der Waals surface area contributed by atoms with E-state index in [9.17, 15) is 0 Å². The van der Waals surface area contributed by atoms with Gasteiger partial charge in [0.2, 0.25) is 0 Å². The van der Waals surface area contributed by atoms with Crippen molar-refractivity contribution in [2.45, 2.75) is 11.8 Å². The molecule has 0 unspecified atom stereocenters. The molecule has 1 heterocycles. The molecule has 1 nitrogen and oxygen atoms in total. The van der Waals surface area contributed by atoms with Crippen LogP contribution in [0, 0.1) is 14.1 Å². The molecule has 1 aromatic heterocycles. The molecule has 0 atom stereocenters. The Balaban J connectivity index is 0.000000181. The second-order valence-corrected chi connectivity index (χ2v) is 6.43. The summed E-state index contributed by atoms with van der Waals surface area (Å²) in [6, 6.07) is 10.3. The number of nitrogens with zero attached hydrogens (tertiary/aromatic N) is 1. The number of rotatable bonds is 1. The van der Waals surface area contributed by atoms with E-state index in [0.717, 1.165) is 0 Å². The molecule has 0 radical (unpaired) electrons. The van der Waals surface area contributed by atoms with Crippen LogP contribution in [0.2, 0.25) is 0 Å². The summed E-state index contributed by atoms with van der Waals surface area (Å²) in [6.45, 7) is 2.14. The molecule has 0 fully saturated rings. The van der Waals surface area contributed by atoms with Crippen LogP contribution in [-0.4, -0.2) is 11.2 Å². The number of thioether (sulfide) groups is 1. The number of aryl methyl sites for hydroxylation is 1. The highest BCUT2D eigenvalue weighted by Crippen LogP contribution is 2.24. The average Bonchev–Trinajstić information content (AvgIpc) is 2.34. The van der Waals surface area contributed by atoms with Gasteiger partial charge in [0.15, 0.2) is 0 Å². The number of benzene rings is 1. The maximum absolute atomic E-state index is 3.88. The molecule has 0 aliphatic heterocycles. The van der Waals surface area contributed by atoms with Crippen LogP contribution in [0.25, 0.3) is 0 Å². The zero-order valence-electron chi connectivity index (χ0n) is 9.65. The van der Waals surface area contributed by atoms with Gasteiger partial charge in [-0.05, 0) is 82.1 Å². The lowest BCUT2D eigenvalue weighted by Crippen LogP contribution is -1.81. The van der Waals surface area contributed by atoms with Gasteiger partial charge in [0.05, 0.1) is 0 Å². The molecule has 17 heavy (non-hydrogen) atoms. The molecule has 0 saturated heterocycles. The van der Waals surface area contributed by atoms with Crippen LogP contribution < -0.4 is 0 Å². The van der Waals surface area contributed by atoms with E-state index in [1.54, 1.807) is 18.0 Å². The van der Waals surface area contributed by atoms with Crippen molar-refractivity contribution >= 4 is 56.9 Å². The van der Waals surface area contributed by atoms with Gasteiger partial charge in [-0.1, -0.05) is 12.1 Å². The molecule has 2 aromatic rings. The van der Waals surface area contributed by atoms with Crippen LogP contribution in [0.15, 0.2) is 47.6 Å². The zero-order valence-corrected chi connectivity index (χ0v) is 14.8. The van der Waals surface area contributed by atoms with Crippen LogP contribution in [0.3, 0.4) is 0 Å². The number of halogens is 2. The average molecular weight is 469 g/mol. The summed E-state index contributed by atoms with van der Waals surface area (Å²) < 4.78 is 2.56. The Bertz CT molecular complexity index is 460. The van der Waals surface area contributed by atoms with Crippen molar-refractivity contribution in [3.63, 3.8) is 0 Å². The minimum atomic E-state index is 1.18. The summed E-state index contributed by atoms with van der Waals surface area (Å²) in [5.74, 6) is 0. The molecule has 0 aliphatic carbocycles. The molecule has 0 aliphatic rings. The van der Waals surface area contributed by atoms with E-state index in [4.69, 9.17) is 0 Å². The van der Waals surface area contributed by atoms with E-state index < -0.39 is 0 Å². The van der Waals surface area contributed by atoms with Gasteiger partial charge >= 0.3 is 0 Å². The molecule has 0 N–H and O–H groups in total. The van der Waals surface area contributed by atoms with E-state index in [2.05, 4.69) is 81.5 Å². The second-order valence-electron chi connectivity index (χ2n) is 3.26. The van der Waals surface area contributed by atoms with Gasteiger partial charge in [-0.25, -0.2) is 0 Å². The molecule has 0 amide bonds. The van der Waals surface area contributed by atoms with Gasteiger partial charge in [-0.3, -0.25) is 4.98 Å². The van der Waals surface area contributed by atoms with Crippen molar-refractivity contribution in [2.75, 3.05) is 6.26 Å². The summed E-state index contributed by atoms with van der Waals surface area (Å²) in [5.41, 5.74) is 1.37. The minimum absolute atomic E-state index is 1.18. The predicted molar refractivity (Wildman–Crippen MR) is 92.6 cm³/mol. The molecule has 2 rings (SSSR count). The maximum Gasteiger partial charge on any atom is 0.0401 e. The zero-order chi connectivity index (χ0) is 12.7. The van der Waals surface area contributed by atoms with Crippen molar-refractivity contribution in [3.05, 3.63) is 55.4 Å². The molecule has 0 bridgehead atoms. The Hall–Kier alpha value is 0.180. The fourth-order valence-corrected chi connectivity index (χ4v) is 3.06. The fourth-order valence-electron chi connectivity index (χ4n) is 1.12. The van der Waals surface area contributed by atoms with Gasteiger partial charge in [0.1, 0.15) is 0 Å². The van der Waals surface area contributed by atoms with E-state index in [-0.39, 0.29) is 0 Å². The first kappa shape index (κ1) is 15.2. The van der Waals surface area contributed by atoms with Crippen LogP contribution in [0.4, 0.5) is 0 Å². The minimum Gasteiger partial charge on any atom is -0.264 e. The van der Waals surface area contributed by atoms with Gasteiger partial charge in [0, 0.05) is 24.4 Å². The first-order chi connectivity index (χ1) is 8.15. The summed E-state index contributed by atoms with van der Waals surface area (Å²) in [4.78, 5) is 5.25. The van der Waals surface area contributed by atoms with Crippen LogP contribution >= 0.6 is 56.9 Å². The standard InChI is InChI=1S/C8H9IS.C5H4IN/c1-6-4-3-5-7(10-2)8(6)9;6-5-2-1-3-7-4-5/h3-5H,1-2H3;1-4H. The molecular weight excluding hydrogens is 456 g/mol. The van der Waals surface area contributed by atoms with Gasteiger partial charge < -0.3 is 0 Å². The van der Waals surface area contributed by atoms with Crippen molar-refractivity contribution in [2.24, 2.45) is 0 Å². The number of aromatic nitrogens is 1. The molecule has 1 aromatic carbocycles. The first-order valence-corrected chi connectivity index (χ1v) is 8.38. The van der Waals surface area contributed by atoms with Crippen molar-refractivity contribution < 1.29 is 0 Å². The van der Waals surface area contributed by atoms with Gasteiger partial charge in [0.25, 0.3) is 0 Å². The topological polar surface area (TPSA) is 12.9 Å². The Morgan fingerprint density at radius 2 is 1.88 bits per heavy atom. The maximum atomic E-state index is 3.88. The summed E-state index contributed by atoms with van der Waals surface area (Å²) in [5, 5.41) is 0. The lowest BCUT2D eigenvalue weighted by molar-refractivity contribution is 1.31. The van der Waals surface area contributed by atoms with Crippen molar-refractivity contribution in [1.29, 1.82) is 0 Å². The van der Waals surface area contributed by atoms with Crippen molar-refractivity contribution in [3.8, 4) is 0 Å². The largest absolute Gasteiger partial charge is 0.264 e. The van der Waals surface area contributed by atoms with Gasteiger partial charge in [-0.2, -0.15) is 0 Å². The monoisotopic (exact) mass is 469 g/mol. The van der Waals surface area contributed by atoms with Crippen LogP contribution in [0.5, 0.6) is 0 Å². The highest BCUT2D eigenvalue weighted by atomic mass is 127. The normalized spacial score (nSPS) is 9.41. The Morgan fingerprint density at radius 1 is 1.12 bits per heavy atom. The SMILES string of the molecule is CSc1cccc(C)c1I.Ic1cccnc1. The quantitative estimate of drug-likeness (QED) is 0.431. The van der Waals surface area contributed by atoms with E-state index in [1.807, 2.05) is 18.3 Å². The number of pyridine rings is 1. The summed E-state index contributed by atoms with van der Waals surface area (Å²) in [6.07, 6.45) is 5.69.